The van der Waals surface area contributed by atoms with Gasteiger partial charge in [-0.1, -0.05) is 6.07 Å². The maximum absolute atomic E-state index is 12.3. The number of hydrogen-bond acceptors (Lipinski definition) is 4. The van der Waals surface area contributed by atoms with Gasteiger partial charge in [-0.2, -0.15) is 0 Å². The van der Waals surface area contributed by atoms with Crippen molar-refractivity contribution in [3.63, 3.8) is 0 Å². The fourth-order valence-electron chi connectivity index (χ4n) is 2.14. The molecule has 0 aromatic heterocycles. The molecule has 1 unspecified atom stereocenters. The van der Waals surface area contributed by atoms with E-state index in [0.29, 0.717) is 24.2 Å². The van der Waals surface area contributed by atoms with E-state index in [1.807, 2.05) is 0 Å². The van der Waals surface area contributed by atoms with Gasteiger partial charge in [0.15, 0.2) is 0 Å². The van der Waals surface area contributed by atoms with Crippen LogP contribution < -0.4 is 10.5 Å². The van der Waals surface area contributed by atoms with Crippen LogP contribution in [-0.4, -0.2) is 27.7 Å². The lowest BCUT2D eigenvalue weighted by molar-refractivity contribution is 0.0200. The Morgan fingerprint density at radius 2 is 2.20 bits per heavy atom. The zero-order chi connectivity index (χ0) is 14.6. The Labute approximate surface area is 128 Å². The lowest BCUT2D eigenvalue weighted by Crippen LogP contribution is -2.35. The Morgan fingerprint density at radius 1 is 1.40 bits per heavy atom. The first kappa shape index (κ1) is 15.9. The molecule has 112 valence electrons. The van der Waals surface area contributed by atoms with E-state index >= 15 is 0 Å². The summed E-state index contributed by atoms with van der Waals surface area (Å²) in [6.45, 7) is 1.40. The Bertz CT molecular complexity index is 557. The first-order valence-corrected chi connectivity index (χ1v) is 8.90. The summed E-state index contributed by atoms with van der Waals surface area (Å²) in [7, 11) is -3.53. The number of hydrogen-bond donors (Lipinski definition) is 2. The summed E-state index contributed by atoms with van der Waals surface area (Å²) < 4.78 is 33.2. The summed E-state index contributed by atoms with van der Waals surface area (Å²) in [6, 6.07) is 5.01. The molecule has 3 N–H and O–H groups in total. The molecule has 0 amide bonds. The minimum atomic E-state index is -3.53. The lowest BCUT2D eigenvalue weighted by atomic mass is 10.1. The molecule has 1 saturated heterocycles. The summed E-state index contributed by atoms with van der Waals surface area (Å²) in [4.78, 5) is 0.227. The predicted molar refractivity (Wildman–Crippen MR) is 80.8 cm³/mol. The van der Waals surface area contributed by atoms with E-state index in [0.717, 1.165) is 24.8 Å². The second kappa shape index (κ2) is 7.00. The number of halogens is 1. The van der Waals surface area contributed by atoms with Crippen LogP contribution in [0.4, 0.5) is 0 Å². The smallest absolute Gasteiger partial charge is 0.241 e. The van der Waals surface area contributed by atoms with Crippen LogP contribution in [0, 0.1) is 0 Å². The molecule has 1 aliphatic heterocycles. The number of sulfonamides is 1. The molecule has 0 radical (unpaired) electrons. The molecule has 1 atom stereocenters. The second-order valence-corrected chi connectivity index (χ2v) is 7.40. The highest BCUT2D eigenvalue weighted by atomic mass is 79.9. The topological polar surface area (TPSA) is 81.4 Å². The van der Waals surface area contributed by atoms with E-state index < -0.39 is 10.0 Å². The van der Waals surface area contributed by atoms with Crippen LogP contribution in [0.2, 0.25) is 0 Å². The average molecular weight is 363 g/mol. The van der Waals surface area contributed by atoms with Crippen molar-refractivity contribution in [1.82, 2.24) is 4.72 Å². The highest BCUT2D eigenvalue weighted by Gasteiger charge is 2.21. The second-order valence-electron chi connectivity index (χ2n) is 4.81. The summed E-state index contributed by atoms with van der Waals surface area (Å²) in [5, 5.41) is 0. The molecule has 0 spiro atoms. The van der Waals surface area contributed by atoms with Gasteiger partial charge in [0.2, 0.25) is 10.0 Å². The van der Waals surface area contributed by atoms with Gasteiger partial charge in [0.1, 0.15) is 0 Å². The van der Waals surface area contributed by atoms with Gasteiger partial charge in [-0.05, 0) is 52.9 Å². The maximum atomic E-state index is 12.3. The third-order valence-corrected chi connectivity index (χ3v) is 5.70. The molecule has 5 nitrogen and oxygen atoms in total. The van der Waals surface area contributed by atoms with Crippen LogP contribution in [-0.2, 0) is 21.3 Å². The first-order valence-electron chi connectivity index (χ1n) is 6.62. The van der Waals surface area contributed by atoms with E-state index in [2.05, 4.69) is 20.7 Å². The Hall–Kier alpha value is -0.470. The van der Waals surface area contributed by atoms with Crippen LogP contribution in [0.3, 0.4) is 0 Å². The normalized spacial score (nSPS) is 20.0. The van der Waals surface area contributed by atoms with E-state index in [1.54, 1.807) is 18.2 Å². The number of nitrogens with two attached hydrogens (primary N) is 1. The van der Waals surface area contributed by atoms with Crippen molar-refractivity contribution in [2.75, 3.05) is 13.2 Å². The van der Waals surface area contributed by atoms with Gasteiger partial charge < -0.3 is 10.5 Å². The molecule has 1 aromatic rings. The monoisotopic (exact) mass is 362 g/mol. The fraction of sp³-hybridized carbons (Fsp3) is 0.538. The van der Waals surface area contributed by atoms with E-state index in [9.17, 15) is 8.42 Å². The van der Waals surface area contributed by atoms with Gasteiger partial charge in [0, 0.05) is 24.2 Å². The average Bonchev–Trinajstić information content (AvgIpc) is 2.46. The Balaban J connectivity index is 2.05. The maximum Gasteiger partial charge on any atom is 0.241 e. The fourth-order valence-corrected chi connectivity index (χ4v) is 4.33. The molecule has 0 aliphatic carbocycles. The van der Waals surface area contributed by atoms with E-state index in [4.69, 9.17) is 10.5 Å². The van der Waals surface area contributed by atoms with Gasteiger partial charge in [0.05, 0.1) is 11.0 Å². The minimum absolute atomic E-state index is 0.0272. The van der Waals surface area contributed by atoms with Crippen LogP contribution in [0.25, 0.3) is 0 Å². The quantitative estimate of drug-likeness (QED) is 0.835. The predicted octanol–water partition coefficient (Wildman–Crippen LogP) is 1.76. The SMILES string of the molecule is NCc1ccc(S(=O)(=O)NCC2CCCCO2)c(Br)c1. The minimum Gasteiger partial charge on any atom is -0.377 e. The van der Waals surface area contributed by atoms with Crippen LogP contribution in [0.1, 0.15) is 24.8 Å². The van der Waals surface area contributed by atoms with Crippen molar-refractivity contribution in [1.29, 1.82) is 0 Å². The highest BCUT2D eigenvalue weighted by molar-refractivity contribution is 9.10. The number of nitrogens with one attached hydrogen (secondary N) is 1. The summed E-state index contributed by atoms with van der Waals surface area (Å²) in [6.07, 6.45) is 3.01. The third-order valence-electron chi connectivity index (χ3n) is 3.30. The zero-order valence-electron chi connectivity index (χ0n) is 11.1. The molecule has 0 bridgehead atoms. The van der Waals surface area contributed by atoms with Gasteiger partial charge in [-0.3, -0.25) is 0 Å². The molecule has 1 heterocycles. The molecular weight excluding hydrogens is 344 g/mol. The molecule has 0 saturated carbocycles. The third kappa shape index (κ3) is 4.02. The van der Waals surface area contributed by atoms with Crippen LogP contribution >= 0.6 is 15.9 Å². The van der Waals surface area contributed by atoms with Crippen molar-refractivity contribution in [3.05, 3.63) is 28.2 Å². The summed E-state index contributed by atoms with van der Waals surface area (Å²) in [5.41, 5.74) is 6.41. The number of benzene rings is 1. The molecule has 1 aromatic carbocycles. The largest absolute Gasteiger partial charge is 0.377 e. The van der Waals surface area contributed by atoms with Crippen LogP contribution in [0.5, 0.6) is 0 Å². The van der Waals surface area contributed by atoms with Gasteiger partial charge in [-0.25, -0.2) is 13.1 Å². The van der Waals surface area contributed by atoms with E-state index in [-0.39, 0.29) is 11.0 Å². The molecule has 1 aliphatic rings. The Morgan fingerprint density at radius 3 is 2.80 bits per heavy atom. The van der Waals surface area contributed by atoms with Crippen molar-refractivity contribution in [2.45, 2.75) is 36.8 Å². The molecule has 2 rings (SSSR count). The molecule has 1 fully saturated rings. The number of ether oxygens (including phenoxy) is 1. The molecule has 7 heteroatoms. The van der Waals surface area contributed by atoms with Crippen molar-refractivity contribution in [2.24, 2.45) is 5.73 Å². The summed E-state index contributed by atoms with van der Waals surface area (Å²) >= 11 is 3.28. The number of rotatable bonds is 5. The Kier molecular flexibility index (Phi) is 5.57. The van der Waals surface area contributed by atoms with Crippen molar-refractivity contribution < 1.29 is 13.2 Å². The van der Waals surface area contributed by atoms with Gasteiger partial charge in [0.25, 0.3) is 0 Å². The van der Waals surface area contributed by atoms with Crippen LogP contribution in [0.15, 0.2) is 27.6 Å². The first-order chi connectivity index (χ1) is 9.53. The summed E-state index contributed by atoms with van der Waals surface area (Å²) in [5.74, 6) is 0. The highest BCUT2D eigenvalue weighted by Crippen LogP contribution is 2.23. The zero-order valence-corrected chi connectivity index (χ0v) is 13.5. The molecular formula is C13H19BrN2O3S. The standard InChI is InChI=1S/C13H19BrN2O3S/c14-12-7-10(8-15)4-5-13(12)20(17,18)16-9-11-3-1-2-6-19-11/h4-5,7,11,16H,1-3,6,8-9,15H2. The molecule has 20 heavy (non-hydrogen) atoms. The van der Waals surface area contributed by atoms with Gasteiger partial charge >= 0.3 is 0 Å². The lowest BCUT2D eigenvalue weighted by Gasteiger charge is -2.22. The van der Waals surface area contributed by atoms with Gasteiger partial charge in [-0.15, -0.1) is 0 Å². The van der Waals surface area contributed by atoms with E-state index in [1.165, 1.54) is 0 Å². The van der Waals surface area contributed by atoms with Crippen molar-refractivity contribution >= 4 is 26.0 Å². The van der Waals surface area contributed by atoms with Crippen molar-refractivity contribution in [3.8, 4) is 0 Å².